The van der Waals surface area contributed by atoms with E-state index in [-0.39, 0.29) is 19.4 Å². The number of nitrogens with zero attached hydrogens (tertiary/aromatic N) is 1. The molecule has 0 spiro atoms. The van der Waals surface area contributed by atoms with E-state index in [1.165, 1.54) is 0 Å². The molecule has 1 aliphatic rings. The molecule has 0 radical (unpaired) electrons. The van der Waals surface area contributed by atoms with Crippen LogP contribution < -0.4 is 0 Å². The summed E-state index contributed by atoms with van der Waals surface area (Å²) in [5.74, 6) is -0.258. The normalized spacial score (nSPS) is 17.2. The molecule has 1 heterocycles. The van der Waals surface area contributed by atoms with Gasteiger partial charge in [0.05, 0.1) is 0 Å². The van der Waals surface area contributed by atoms with Gasteiger partial charge in [0.1, 0.15) is 6.61 Å². The molecule has 6 nitrogen and oxygen atoms in total. The number of hydrogen-bond acceptors (Lipinski definition) is 5. The Morgan fingerprint density at radius 1 is 1.24 bits per heavy atom. The number of carbonyl (C=O) groups is 3. The minimum absolute atomic E-state index is 0.0816. The Hall–Kier alpha value is -1.24. The summed E-state index contributed by atoms with van der Waals surface area (Å²) in [4.78, 5) is 38.0. The number of hydroxylamine groups is 2. The molecule has 0 aromatic rings. The summed E-state index contributed by atoms with van der Waals surface area (Å²) in [7, 11) is -0.749. The Bertz CT molecular complexity index is 320. The first-order chi connectivity index (χ1) is 7.79. The third-order valence-corrected chi connectivity index (χ3v) is 3.48. The quantitative estimate of drug-likeness (QED) is 0.556. The van der Waals surface area contributed by atoms with E-state index in [0.29, 0.717) is 5.06 Å². The monoisotopic (exact) mass is 263 g/mol. The number of ether oxygens (including phenoxy) is 1. The number of hydrogen-bond donors (Lipinski definition) is 0. The van der Waals surface area contributed by atoms with Gasteiger partial charge in [0.15, 0.2) is 0 Å². The van der Waals surface area contributed by atoms with E-state index in [1.807, 2.05) is 0 Å². The summed E-state index contributed by atoms with van der Waals surface area (Å²) in [6.07, 6.45) is 5.44. The fourth-order valence-electron chi connectivity index (χ4n) is 1.13. The first-order valence-electron chi connectivity index (χ1n) is 5.16. The van der Waals surface area contributed by atoms with Crippen molar-refractivity contribution >= 4 is 28.0 Å². The fourth-order valence-corrected chi connectivity index (χ4v) is 1.72. The molecule has 0 saturated carbocycles. The maximum absolute atomic E-state index is 11.2. The molecule has 0 atom stereocenters. The minimum Gasteiger partial charge on any atom is -0.432 e. The van der Waals surface area contributed by atoms with Crippen molar-refractivity contribution in [2.75, 3.05) is 31.1 Å². The first-order valence-corrected chi connectivity index (χ1v) is 8.19. The Labute approximate surface area is 102 Å². The summed E-state index contributed by atoms with van der Waals surface area (Å²) in [5.41, 5.74) is 0. The largest absolute Gasteiger partial charge is 0.533 e. The molecule has 1 fully saturated rings. The first kappa shape index (κ1) is 13.8. The molecular formula is C10H17NO5S. The smallest absolute Gasteiger partial charge is 0.432 e. The van der Waals surface area contributed by atoms with Crippen LogP contribution in [0, 0.1) is 0 Å². The molecule has 0 bridgehead atoms. The van der Waals surface area contributed by atoms with Gasteiger partial charge in [-0.25, -0.2) is 14.8 Å². The molecule has 98 valence electrons. The lowest BCUT2D eigenvalue weighted by Gasteiger charge is -2.24. The van der Waals surface area contributed by atoms with E-state index < -0.39 is 28.0 Å². The van der Waals surface area contributed by atoms with Crippen LogP contribution in [-0.2, 0) is 19.2 Å². The molecule has 7 heteroatoms. The highest BCUT2D eigenvalue weighted by molar-refractivity contribution is 8.32. The van der Waals surface area contributed by atoms with Crippen molar-refractivity contribution in [3.8, 4) is 0 Å². The van der Waals surface area contributed by atoms with Crippen molar-refractivity contribution in [1.29, 1.82) is 0 Å². The maximum atomic E-state index is 11.2. The second-order valence-electron chi connectivity index (χ2n) is 4.57. The predicted molar refractivity (Wildman–Crippen MR) is 63.8 cm³/mol. The zero-order chi connectivity index (χ0) is 13.1. The molecule has 1 rings (SSSR count). The summed E-state index contributed by atoms with van der Waals surface area (Å²) in [5, 5.41) is 0.478. The molecule has 0 aromatic carbocycles. The number of amides is 2. The molecule has 17 heavy (non-hydrogen) atoms. The van der Waals surface area contributed by atoms with Gasteiger partial charge in [-0.2, -0.15) is 0 Å². The Balaban J connectivity index is 2.30. The lowest BCUT2D eigenvalue weighted by atomic mass is 10.4. The summed E-state index contributed by atoms with van der Waals surface area (Å²) >= 11 is 0. The van der Waals surface area contributed by atoms with E-state index in [1.54, 1.807) is 0 Å². The van der Waals surface area contributed by atoms with Crippen molar-refractivity contribution in [1.82, 2.24) is 5.06 Å². The third kappa shape index (κ3) is 4.64. The topological polar surface area (TPSA) is 72.9 Å². The van der Waals surface area contributed by atoms with Gasteiger partial charge in [0.25, 0.3) is 11.8 Å². The van der Waals surface area contributed by atoms with Crippen LogP contribution in [0.3, 0.4) is 0 Å². The van der Waals surface area contributed by atoms with Crippen LogP contribution >= 0.6 is 10.0 Å². The summed E-state index contributed by atoms with van der Waals surface area (Å²) in [6.45, 7) is 0.230. The van der Waals surface area contributed by atoms with Crippen LogP contribution in [-0.4, -0.2) is 54.2 Å². The molecule has 0 aliphatic carbocycles. The molecule has 0 aromatic heterocycles. The van der Waals surface area contributed by atoms with Crippen molar-refractivity contribution in [2.45, 2.75) is 12.8 Å². The Morgan fingerprint density at radius 2 is 1.76 bits per heavy atom. The van der Waals surface area contributed by atoms with Gasteiger partial charge >= 0.3 is 6.16 Å². The van der Waals surface area contributed by atoms with Crippen molar-refractivity contribution in [3.63, 3.8) is 0 Å². The van der Waals surface area contributed by atoms with Crippen molar-refractivity contribution < 1.29 is 24.0 Å². The lowest BCUT2D eigenvalue weighted by molar-refractivity contribution is -0.176. The fraction of sp³-hybridized carbons (Fsp3) is 0.700. The van der Waals surface area contributed by atoms with Gasteiger partial charge in [0.2, 0.25) is 0 Å². The molecule has 1 saturated heterocycles. The molecule has 1 aliphatic heterocycles. The van der Waals surface area contributed by atoms with Gasteiger partial charge in [-0.15, -0.1) is 0 Å². The van der Waals surface area contributed by atoms with Crippen LogP contribution in [0.1, 0.15) is 12.8 Å². The van der Waals surface area contributed by atoms with Crippen LogP contribution in [0.4, 0.5) is 4.79 Å². The number of imide groups is 1. The van der Waals surface area contributed by atoms with Crippen LogP contribution in [0.5, 0.6) is 0 Å². The number of rotatable bonds is 4. The highest BCUT2D eigenvalue weighted by Crippen LogP contribution is 2.33. The second kappa shape index (κ2) is 5.39. The van der Waals surface area contributed by atoms with E-state index in [2.05, 4.69) is 23.6 Å². The SMILES string of the molecule is CS(C)(C)CCOC(=O)ON1C(=O)CCC1=O. The Kier molecular flexibility index (Phi) is 4.39. The van der Waals surface area contributed by atoms with Crippen LogP contribution in [0.25, 0.3) is 0 Å². The van der Waals surface area contributed by atoms with Gasteiger partial charge in [0, 0.05) is 18.6 Å². The van der Waals surface area contributed by atoms with Crippen molar-refractivity contribution in [2.24, 2.45) is 0 Å². The second-order valence-corrected chi connectivity index (χ2v) is 9.16. The molecule has 0 N–H and O–H groups in total. The zero-order valence-electron chi connectivity index (χ0n) is 10.2. The van der Waals surface area contributed by atoms with E-state index in [9.17, 15) is 14.4 Å². The van der Waals surface area contributed by atoms with Crippen LogP contribution in [0.2, 0.25) is 0 Å². The molecule has 0 unspecified atom stereocenters. The van der Waals surface area contributed by atoms with E-state index >= 15 is 0 Å². The summed E-state index contributed by atoms with van der Waals surface area (Å²) in [6, 6.07) is 0. The zero-order valence-corrected chi connectivity index (χ0v) is 11.0. The van der Waals surface area contributed by atoms with Gasteiger partial charge in [-0.3, -0.25) is 14.4 Å². The average Bonchev–Trinajstić information content (AvgIpc) is 2.47. The highest BCUT2D eigenvalue weighted by Gasteiger charge is 2.33. The van der Waals surface area contributed by atoms with Gasteiger partial charge in [-0.1, -0.05) is 5.06 Å². The van der Waals surface area contributed by atoms with Crippen molar-refractivity contribution in [3.05, 3.63) is 0 Å². The maximum Gasteiger partial charge on any atom is 0.533 e. The highest BCUT2D eigenvalue weighted by atomic mass is 32.3. The van der Waals surface area contributed by atoms with Gasteiger partial charge in [-0.05, 0) is 18.8 Å². The molecular weight excluding hydrogens is 246 g/mol. The van der Waals surface area contributed by atoms with E-state index in [0.717, 1.165) is 5.75 Å². The number of carbonyl (C=O) groups excluding carboxylic acids is 3. The standard InChI is InChI=1S/C10H17NO5S/c1-17(2,3)7-6-15-10(14)16-11-8(12)4-5-9(11)13/h4-7H2,1-3H3. The Morgan fingerprint density at radius 3 is 2.24 bits per heavy atom. The summed E-state index contributed by atoms with van der Waals surface area (Å²) < 4.78 is 4.79. The lowest BCUT2D eigenvalue weighted by Crippen LogP contribution is -2.32. The van der Waals surface area contributed by atoms with Crippen LogP contribution in [0.15, 0.2) is 0 Å². The van der Waals surface area contributed by atoms with E-state index in [4.69, 9.17) is 4.74 Å². The molecule has 2 amide bonds. The minimum atomic E-state index is -1.00. The van der Waals surface area contributed by atoms with Gasteiger partial charge < -0.3 is 4.74 Å². The average molecular weight is 263 g/mol. The third-order valence-electron chi connectivity index (χ3n) is 2.09. The predicted octanol–water partition coefficient (Wildman–Crippen LogP) is 0.898.